The molecule has 0 fully saturated rings. The Bertz CT molecular complexity index is 865. The topological polar surface area (TPSA) is 79.9 Å². The number of phenols is 2. The van der Waals surface area contributed by atoms with Crippen molar-refractivity contribution in [3.8, 4) is 23.0 Å². The van der Waals surface area contributed by atoms with Gasteiger partial charge in [0.1, 0.15) is 11.5 Å². The highest BCUT2D eigenvalue weighted by molar-refractivity contribution is 5.85. The second-order valence-corrected chi connectivity index (χ2v) is 4.54. The predicted molar refractivity (Wildman–Crippen MR) is 77.1 cm³/mol. The van der Waals surface area contributed by atoms with Crippen molar-refractivity contribution < 1.29 is 19.4 Å². The van der Waals surface area contributed by atoms with E-state index in [9.17, 15) is 15.0 Å². The van der Waals surface area contributed by atoms with E-state index in [1.54, 1.807) is 31.2 Å². The molecule has 5 nitrogen and oxygen atoms in total. The summed E-state index contributed by atoms with van der Waals surface area (Å²) < 4.78 is 11.0. The van der Waals surface area contributed by atoms with Crippen LogP contribution in [0.25, 0.3) is 11.0 Å². The minimum atomic E-state index is -0.459. The van der Waals surface area contributed by atoms with E-state index in [4.69, 9.17) is 9.15 Å². The normalized spacial score (nSPS) is 10.7. The molecule has 2 N–H and O–H groups in total. The number of para-hydroxylation sites is 1. The Morgan fingerprint density at radius 3 is 2.48 bits per heavy atom. The van der Waals surface area contributed by atoms with Crippen molar-refractivity contribution in [2.45, 2.75) is 6.92 Å². The number of aryl methyl sites for hydroxylation is 1. The van der Waals surface area contributed by atoms with Crippen LogP contribution < -0.4 is 10.2 Å². The van der Waals surface area contributed by atoms with Gasteiger partial charge in [-0.15, -0.1) is 0 Å². The van der Waals surface area contributed by atoms with Gasteiger partial charge in [0.15, 0.2) is 11.3 Å². The Hall–Kier alpha value is -2.95. The smallest absolute Gasteiger partial charge is 0.235 e. The monoisotopic (exact) mass is 284 g/mol. The molecular weight excluding hydrogens is 272 g/mol. The summed E-state index contributed by atoms with van der Waals surface area (Å²) in [5.41, 5.74) is -0.467. The quantitative estimate of drug-likeness (QED) is 0.706. The summed E-state index contributed by atoms with van der Waals surface area (Å²) in [5.74, 6) is -0.0213. The fourth-order valence-corrected chi connectivity index (χ4v) is 2.05. The molecule has 0 radical (unpaired) electrons. The van der Waals surface area contributed by atoms with Crippen LogP contribution >= 0.6 is 0 Å². The maximum absolute atomic E-state index is 12.4. The number of phenolic OH excluding ortho intramolecular Hbond substituents is 2. The number of ether oxygens (including phenoxy) is 1. The highest BCUT2D eigenvalue weighted by atomic mass is 16.5. The SMILES string of the molecule is Cc1oc2c(O)c(O)ccc2c(=O)c1Oc1ccccc1. The summed E-state index contributed by atoms with van der Waals surface area (Å²) in [6.07, 6.45) is 0. The Kier molecular flexibility index (Phi) is 3.02. The summed E-state index contributed by atoms with van der Waals surface area (Å²) in [6.45, 7) is 1.56. The molecule has 5 heteroatoms. The summed E-state index contributed by atoms with van der Waals surface area (Å²) in [6, 6.07) is 11.5. The van der Waals surface area contributed by atoms with Crippen LogP contribution in [0.4, 0.5) is 0 Å². The van der Waals surface area contributed by atoms with E-state index in [-0.39, 0.29) is 28.2 Å². The van der Waals surface area contributed by atoms with Crippen LogP contribution in [-0.2, 0) is 0 Å². The first-order chi connectivity index (χ1) is 10.1. The molecule has 1 aromatic heterocycles. The first-order valence-corrected chi connectivity index (χ1v) is 6.29. The van der Waals surface area contributed by atoms with Crippen molar-refractivity contribution in [1.82, 2.24) is 0 Å². The third-order valence-electron chi connectivity index (χ3n) is 3.10. The fraction of sp³-hybridized carbons (Fsp3) is 0.0625. The molecule has 0 saturated heterocycles. The number of rotatable bonds is 2. The molecule has 0 unspecified atom stereocenters. The van der Waals surface area contributed by atoms with Crippen LogP contribution in [0.15, 0.2) is 51.7 Å². The van der Waals surface area contributed by atoms with E-state index in [1.165, 1.54) is 12.1 Å². The van der Waals surface area contributed by atoms with E-state index in [2.05, 4.69) is 0 Å². The first kappa shape index (κ1) is 13.1. The molecule has 0 atom stereocenters. The lowest BCUT2D eigenvalue weighted by molar-refractivity contribution is 0.392. The van der Waals surface area contributed by atoms with Crippen molar-refractivity contribution in [2.75, 3.05) is 0 Å². The third-order valence-corrected chi connectivity index (χ3v) is 3.10. The summed E-state index contributed by atoms with van der Waals surface area (Å²) in [4.78, 5) is 12.4. The molecule has 0 spiro atoms. The standard InChI is InChI=1S/C16H12O5/c1-9-15(21-10-5-3-2-4-6-10)13(18)11-7-8-12(17)14(19)16(11)20-9/h2-8,17,19H,1H3. The molecule has 106 valence electrons. The largest absolute Gasteiger partial charge is 0.504 e. The van der Waals surface area contributed by atoms with Gasteiger partial charge in [-0.1, -0.05) is 18.2 Å². The number of benzene rings is 2. The zero-order valence-corrected chi connectivity index (χ0v) is 11.2. The molecule has 0 amide bonds. The molecule has 0 aliphatic carbocycles. The summed E-state index contributed by atoms with van der Waals surface area (Å²) >= 11 is 0. The molecule has 1 heterocycles. The molecule has 0 bridgehead atoms. The average Bonchev–Trinajstić information content (AvgIpc) is 2.49. The van der Waals surface area contributed by atoms with Gasteiger partial charge in [-0.25, -0.2) is 0 Å². The van der Waals surface area contributed by atoms with Crippen molar-refractivity contribution in [3.05, 3.63) is 58.4 Å². The lowest BCUT2D eigenvalue weighted by Crippen LogP contribution is -2.07. The number of aromatic hydroxyl groups is 2. The minimum absolute atomic E-state index is 0.0544. The summed E-state index contributed by atoms with van der Waals surface area (Å²) in [5, 5.41) is 19.4. The number of hydrogen-bond acceptors (Lipinski definition) is 5. The Morgan fingerprint density at radius 1 is 1.05 bits per heavy atom. The van der Waals surface area contributed by atoms with Gasteiger partial charge in [0.25, 0.3) is 0 Å². The predicted octanol–water partition coefficient (Wildman–Crippen LogP) is 3.30. The van der Waals surface area contributed by atoms with E-state index in [0.717, 1.165) is 0 Å². The van der Waals surface area contributed by atoms with Gasteiger partial charge in [-0.3, -0.25) is 4.79 Å². The van der Waals surface area contributed by atoms with Crippen molar-refractivity contribution in [3.63, 3.8) is 0 Å². The highest BCUT2D eigenvalue weighted by Gasteiger charge is 2.17. The van der Waals surface area contributed by atoms with Crippen molar-refractivity contribution >= 4 is 11.0 Å². The van der Waals surface area contributed by atoms with Gasteiger partial charge in [0, 0.05) is 0 Å². The molecule has 0 aliphatic heterocycles. The van der Waals surface area contributed by atoms with Gasteiger partial charge in [-0.05, 0) is 31.2 Å². The highest BCUT2D eigenvalue weighted by Crippen LogP contribution is 2.35. The minimum Gasteiger partial charge on any atom is -0.504 e. The molecule has 21 heavy (non-hydrogen) atoms. The van der Waals surface area contributed by atoms with Crippen LogP contribution in [0, 0.1) is 6.92 Å². The van der Waals surface area contributed by atoms with Crippen LogP contribution in [-0.4, -0.2) is 10.2 Å². The van der Waals surface area contributed by atoms with Crippen molar-refractivity contribution in [1.29, 1.82) is 0 Å². The number of hydrogen-bond donors (Lipinski definition) is 2. The van der Waals surface area contributed by atoms with E-state index in [0.29, 0.717) is 5.75 Å². The molecular formula is C16H12O5. The van der Waals surface area contributed by atoms with E-state index >= 15 is 0 Å². The molecule has 3 rings (SSSR count). The second-order valence-electron chi connectivity index (χ2n) is 4.54. The first-order valence-electron chi connectivity index (χ1n) is 6.29. The average molecular weight is 284 g/mol. The van der Waals surface area contributed by atoms with Gasteiger partial charge in [-0.2, -0.15) is 0 Å². The fourth-order valence-electron chi connectivity index (χ4n) is 2.05. The third kappa shape index (κ3) is 2.18. The van der Waals surface area contributed by atoms with Gasteiger partial charge < -0.3 is 19.4 Å². The second kappa shape index (κ2) is 4.86. The molecule has 3 aromatic rings. The van der Waals surface area contributed by atoms with Gasteiger partial charge >= 0.3 is 0 Å². The maximum atomic E-state index is 12.4. The van der Waals surface area contributed by atoms with Crippen LogP contribution in [0.5, 0.6) is 23.0 Å². The zero-order valence-electron chi connectivity index (χ0n) is 11.2. The zero-order chi connectivity index (χ0) is 15.0. The molecule has 0 saturated carbocycles. The van der Waals surface area contributed by atoms with Crippen LogP contribution in [0.1, 0.15) is 5.76 Å². The van der Waals surface area contributed by atoms with Crippen molar-refractivity contribution in [2.24, 2.45) is 0 Å². The summed E-state index contributed by atoms with van der Waals surface area (Å²) in [7, 11) is 0. The molecule has 0 aliphatic rings. The van der Waals surface area contributed by atoms with Crippen LogP contribution in [0.2, 0.25) is 0 Å². The Balaban J connectivity index is 2.21. The van der Waals surface area contributed by atoms with E-state index in [1.807, 2.05) is 6.07 Å². The maximum Gasteiger partial charge on any atom is 0.235 e. The van der Waals surface area contributed by atoms with Gasteiger partial charge in [0.05, 0.1) is 5.39 Å². The lowest BCUT2D eigenvalue weighted by Gasteiger charge is -2.09. The lowest BCUT2D eigenvalue weighted by atomic mass is 10.2. The molecule has 2 aromatic carbocycles. The van der Waals surface area contributed by atoms with Crippen LogP contribution in [0.3, 0.4) is 0 Å². The van der Waals surface area contributed by atoms with E-state index < -0.39 is 11.2 Å². The Morgan fingerprint density at radius 2 is 1.76 bits per heavy atom. The number of fused-ring (bicyclic) bond motifs is 1. The van der Waals surface area contributed by atoms with Gasteiger partial charge in [0.2, 0.25) is 16.9 Å². The Labute approximate surface area is 119 Å².